The molecule has 0 aliphatic rings. The molecule has 0 radical (unpaired) electrons. The van der Waals surface area contributed by atoms with Crippen LogP contribution < -0.4 is 9.64 Å². The molecule has 2 aromatic rings. The number of ketones is 1. The molecule has 5 heteroatoms. The standard InChI is InChI=1S/C17H20N2O3/c1-10-15(12(3)20)11(2)18-16(10)17(21)19(4)13-8-6-7-9-14(13)22-5/h6-9,18H,1-5H3. The van der Waals surface area contributed by atoms with Crippen LogP contribution in [0.5, 0.6) is 5.75 Å². The lowest BCUT2D eigenvalue weighted by atomic mass is 10.1. The number of H-pyrrole nitrogens is 1. The van der Waals surface area contributed by atoms with Gasteiger partial charge in [0.25, 0.3) is 5.91 Å². The molecule has 22 heavy (non-hydrogen) atoms. The lowest BCUT2D eigenvalue weighted by molar-refractivity contribution is 0.0987. The number of aromatic amines is 1. The number of methoxy groups -OCH3 is 1. The molecule has 0 saturated carbocycles. The van der Waals surface area contributed by atoms with Gasteiger partial charge in [-0.15, -0.1) is 0 Å². The first-order valence-electron chi connectivity index (χ1n) is 6.99. The highest BCUT2D eigenvalue weighted by molar-refractivity contribution is 6.09. The highest BCUT2D eigenvalue weighted by Gasteiger charge is 2.24. The van der Waals surface area contributed by atoms with E-state index in [1.165, 1.54) is 11.8 Å². The average molecular weight is 300 g/mol. The molecule has 0 bridgehead atoms. The largest absolute Gasteiger partial charge is 0.495 e. The summed E-state index contributed by atoms with van der Waals surface area (Å²) in [5.74, 6) is 0.355. The third-order valence-electron chi connectivity index (χ3n) is 3.75. The molecular formula is C17H20N2O3. The first-order valence-corrected chi connectivity index (χ1v) is 6.99. The summed E-state index contributed by atoms with van der Waals surface area (Å²) in [5.41, 5.74) is 3.07. The number of ether oxygens (including phenoxy) is 1. The molecule has 0 fully saturated rings. The van der Waals surface area contributed by atoms with Gasteiger partial charge in [-0.1, -0.05) is 12.1 Å². The minimum Gasteiger partial charge on any atom is -0.495 e. The average Bonchev–Trinajstić information content (AvgIpc) is 2.80. The molecule has 116 valence electrons. The molecule has 1 aromatic heterocycles. The number of aromatic nitrogens is 1. The van der Waals surface area contributed by atoms with Crippen molar-refractivity contribution in [2.75, 3.05) is 19.1 Å². The van der Waals surface area contributed by atoms with E-state index in [0.717, 1.165) is 0 Å². The molecule has 5 nitrogen and oxygen atoms in total. The van der Waals surface area contributed by atoms with Crippen molar-refractivity contribution in [1.29, 1.82) is 0 Å². The maximum Gasteiger partial charge on any atom is 0.274 e. The summed E-state index contributed by atoms with van der Waals surface area (Å²) in [6.45, 7) is 5.08. The number of hydrogen-bond donors (Lipinski definition) is 1. The van der Waals surface area contributed by atoms with E-state index >= 15 is 0 Å². The maximum atomic E-state index is 12.8. The van der Waals surface area contributed by atoms with Crippen LogP contribution in [0.3, 0.4) is 0 Å². The van der Waals surface area contributed by atoms with Gasteiger partial charge in [-0.05, 0) is 38.5 Å². The Hall–Kier alpha value is -2.56. The molecular weight excluding hydrogens is 280 g/mol. The summed E-state index contributed by atoms with van der Waals surface area (Å²) >= 11 is 0. The van der Waals surface area contributed by atoms with Crippen molar-refractivity contribution in [3.8, 4) is 5.75 Å². The number of carbonyl (C=O) groups excluding carboxylic acids is 2. The van der Waals surface area contributed by atoms with Gasteiger partial charge in [0.1, 0.15) is 11.4 Å². The van der Waals surface area contributed by atoms with Crippen molar-refractivity contribution in [1.82, 2.24) is 4.98 Å². The van der Waals surface area contributed by atoms with Crippen molar-refractivity contribution in [2.24, 2.45) is 0 Å². The number of hydrogen-bond acceptors (Lipinski definition) is 3. The summed E-state index contributed by atoms with van der Waals surface area (Å²) in [4.78, 5) is 29.0. The number of carbonyl (C=O) groups is 2. The molecule has 0 aliphatic carbocycles. The SMILES string of the molecule is COc1ccccc1N(C)C(=O)c1[nH]c(C)c(C(C)=O)c1C. The van der Waals surface area contributed by atoms with Crippen LogP contribution in [-0.4, -0.2) is 30.8 Å². The van der Waals surface area contributed by atoms with Gasteiger partial charge < -0.3 is 14.6 Å². The number of nitrogens with zero attached hydrogens (tertiary/aromatic N) is 1. The quantitative estimate of drug-likeness (QED) is 0.882. The first kappa shape index (κ1) is 15.8. The summed E-state index contributed by atoms with van der Waals surface area (Å²) in [7, 11) is 3.25. The number of benzene rings is 1. The third kappa shape index (κ3) is 2.62. The van der Waals surface area contributed by atoms with Crippen LogP contribution in [0.15, 0.2) is 24.3 Å². The third-order valence-corrected chi connectivity index (χ3v) is 3.75. The second kappa shape index (κ2) is 6.05. The zero-order chi connectivity index (χ0) is 16.4. The smallest absolute Gasteiger partial charge is 0.274 e. The van der Waals surface area contributed by atoms with E-state index < -0.39 is 0 Å². The molecule has 0 spiro atoms. The first-order chi connectivity index (χ1) is 10.4. The van der Waals surface area contributed by atoms with Gasteiger partial charge >= 0.3 is 0 Å². The van der Waals surface area contributed by atoms with Crippen molar-refractivity contribution in [3.05, 3.63) is 46.8 Å². The molecule has 1 aromatic carbocycles. The fourth-order valence-corrected chi connectivity index (χ4v) is 2.68. The normalized spacial score (nSPS) is 10.4. The minimum atomic E-state index is -0.211. The highest BCUT2D eigenvalue weighted by atomic mass is 16.5. The van der Waals surface area contributed by atoms with E-state index in [9.17, 15) is 9.59 Å². The van der Waals surface area contributed by atoms with Gasteiger partial charge in [-0.3, -0.25) is 9.59 Å². The van der Waals surface area contributed by atoms with E-state index in [0.29, 0.717) is 34.0 Å². The predicted molar refractivity (Wildman–Crippen MR) is 86.0 cm³/mol. The fourth-order valence-electron chi connectivity index (χ4n) is 2.68. The van der Waals surface area contributed by atoms with Crippen molar-refractivity contribution >= 4 is 17.4 Å². The zero-order valence-corrected chi connectivity index (χ0v) is 13.5. The van der Waals surface area contributed by atoms with E-state index in [-0.39, 0.29) is 11.7 Å². The van der Waals surface area contributed by atoms with Gasteiger partial charge in [0, 0.05) is 18.3 Å². The number of aryl methyl sites for hydroxylation is 1. The second-order valence-corrected chi connectivity index (χ2v) is 5.22. The molecule has 0 aliphatic heterocycles. The van der Waals surface area contributed by atoms with Crippen molar-refractivity contribution in [2.45, 2.75) is 20.8 Å². The molecule has 1 N–H and O–H groups in total. The number of rotatable bonds is 4. The van der Waals surface area contributed by atoms with Crippen LogP contribution in [0.25, 0.3) is 0 Å². The minimum absolute atomic E-state index is 0.0507. The summed E-state index contributed by atoms with van der Waals surface area (Å²) in [5, 5.41) is 0. The number of para-hydroxylation sites is 2. The van der Waals surface area contributed by atoms with Gasteiger partial charge in [0.15, 0.2) is 5.78 Å². The van der Waals surface area contributed by atoms with Gasteiger partial charge in [-0.25, -0.2) is 0 Å². The Kier molecular flexibility index (Phi) is 4.35. The molecule has 0 saturated heterocycles. The van der Waals surface area contributed by atoms with Crippen LogP contribution in [0.4, 0.5) is 5.69 Å². The van der Waals surface area contributed by atoms with E-state index in [1.54, 1.807) is 34.1 Å². The Morgan fingerprint density at radius 3 is 2.36 bits per heavy atom. The Balaban J connectivity index is 2.44. The summed E-state index contributed by atoms with van der Waals surface area (Å²) < 4.78 is 5.29. The molecule has 0 atom stereocenters. The number of Topliss-reactive ketones (excluding diaryl/α,β-unsaturated/α-hetero) is 1. The van der Waals surface area contributed by atoms with Gasteiger partial charge in [-0.2, -0.15) is 0 Å². The van der Waals surface area contributed by atoms with Crippen molar-refractivity contribution < 1.29 is 14.3 Å². The molecule has 0 unspecified atom stereocenters. The van der Waals surface area contributed by atoms with Crippen molar-refractivity contribution in [3.63, 3.8) is 0 Å². The van der Waals surface area contributed by atoms with Crippen LogP contribution in [0.2, 0.25) is 0 Å². The lowest BCUT2D eigenvalue weighted by Crippen LogP contribution is -2.27. The lowest BCUT2D eigenvalue weighted by Gasteiger charge is -2.19. The van der Waals surface area contributed by atoms with E-state index in [4.69, 9.17) is 4.74 Å². The highest BCUT2D eigenvalue weighted by Crippen LogP contribution is 2.29. The van der Waals surface area contributed by atoms with Crippen LogP contribution >= 0.6 is 0 Å². The van der Waals surface area contributed by atoms with E-state index in [1.807, 2.05) is 18.2 Å². The summed E-state index contributed by atoms with van der Waals surface area (Å²) in [6.07, 6.45) is 0. The second-order valence-electron chi connectivity index (χ2n) is 5.22. The Morgan fingerprint density at radius 1 is 1.18 bits per heavy atom. The summed E-state index contributed by atoms with van der Waals surface area (Å²) in [6, 6.07) is 7.30. The number of anilines is 1. The van der Waals surface area contributed by atoms with Gasteiger partial charge in [0.2, 0.25) is 0 Å². The molecule has 2 rings (SSSR count). The van der Waals surface area contributed by atoms with Crippen LogP contribution in [0.1, 0.15) is 39.0 Å². The fraction of sp³-hybridized carbons (Fsp3) is 0.294. The number of amides is 1. The molecule has 1 amide bonds. The van der Waals surface area contributed by atoms with E-state index in [2.05, 4.69) is 4.98 Å². The maximum absolute atomic E-state index is 12.8. The Morgan fingerprint density at radius 2 is 1.82 bits per heavy atom. The van der Waals surface area contributed by atoms with Gasteiger partial charge in [0.05, 0.1) is 12.8 Å². The van der Waals surface area contributed by atoms with Crippen LogP contribution in [0, 0.1) is 13.8 Å². The Bertz CT molecular complexity index is 732. The van der Waals surface area contributed by atoms with Crippen LogP contribution in [-0.2, 0) is 0 Å². The Labute approximate surface area is 129 Å². The molecule has 1 heterocycles. The number of nitrogens with one attached hydrogen (secondary N) is 1. The zero-order valence-electron chi connectivity index (χ0n) is 13.5. The monoisotopic (exact) mass is 300 g/mol. The topological polar surface area (TPSA) is 62.4 Å². The predicted octanol–water partition coefficient (Wildman–Crippen LogP) is 3.12.